The molecule has 0 aromatic heterocycles. The fourth-order valence-corrected chi connectivity index (χ4v) is 1.15. The Balaban J connectivity index is 2.50. The van der Waals surface area contributed by atoms with Gasteiger partial charge in [0.2, 0.25) is 0 Å². The lowest BCUT2D eigenvalue weighted by atomic mass is 10.2. The van der Waals surface area contributed by atoms with Crippen molar-refractivity contribution in [3.8, 4) is 0 Å². The van der Waals surface area contributed by atoms with Crippen LogP contribution in [-0.2, 0) is 6.54 Å². The van der Waals surface area contributed by atoms with Gasteiger partial charge >= 0.3 is 0 Å². The van der Waals surface area contributed by atoms with E-state index in [9.17, 15) is 0 Å². The van der Waals surface area contributed by atoms with Gasteiger partial charge in [0.05, 0.1) is 6.54 Å². The Hall–Kier alpha value is -1.02. The van der Waals surface area contributed by atoms with Gasteiger partial charge in [-0.2, -0.15) is 5.10 Å². The number of halogens is 1. The number of hydrazone groups is 1. The van der Waals surface area contributed by atoms with Crippen molar-refractivity contribution in [1.29, 1.82) is 0 Å². The normalized spacial score (nSPS) is 9.46. The van der Waals surface area contributed by atoms with Crippen LogP contribution >= 0.6 is 11.6 Å². The Labute approximate surface area is 83.6 Å². The van der Waals surface area contributed by atoms with Gasteiger partial charge in [-0.05, 0) is 31.5 Å². The molecule has 0 saturated heterocycles. The summed E-state index contributed by atoms with van der Waals surface area (Å²) in [7, 11) is 0. The molecule has 2 nitrogen and oxygen atoms in total. The van der Waals surface area contributed by atoms with Crippen LogP contribution in [-0.4, -0.2) is 5.71 Å². The highest BCUT2D eigenvalue weighted by atomic mass is 35.5. The highest BCUT2D eigenvalue weighted by Crippen LogP contribution is 2.09. The molecule has 1 rings (SSSR count). The van der Waals surface area contributed by atoms with Gasteiger partial charge in [-0.1, -0.05) is 23.7 Å². The average molecular weight is 197 g/mol. The summed E-state index contributed by atoms with van der Waals surface area (Å²) in [6.45, 7) is 4.61. The van der Waals surface area contributed by atoms with Crippen LogP contribution in [0.5, 0.6) is 0 Å². The van der Waals surface area contributed by atoms with E-state index < -0.39 is 0 Å². The van der Waals surface area contributed by atoms with Gasteiger partial charge < -0.3 is 5.43 Å². The highest BCUT2D eigenvalue weighted by Gasteiger charge is 1.91. The smallest absolute Gasteiger partial charge is 0.0580 e. The molecule has 0 unspecified atom stereocenters. The Morgan fingerprint density at radius 3 is 2.85 bits per heavy atom. The molecule has 0 aliphatic rings. The van der Waals surface area contributed by atoms with E-state index in [0.29, 0.717) is 6.54 Å². The van der Waals surface area contributed by atoms with Crippen molar-refractivity contribution in [2.75, 3.05) is 0 Å². The summed E-state index contributed by atoms with van der Waals surface area (Å²) in [6.07, 6.45) is 0. The number of hydrogen-bond donors (Lipinski definition) is 1. The number of rotatable bonds is 3. The van der Waals surface area contributed by atoms with Gasteiger partial charge in [-0.3, -0.25) is 0 Å². The average Bonchev–Trinajstić information content (AvgIpc) is 2.03. The van der Waals surface area contributed by atoms with E-state index in [2.05, 4.69) is 10.5 Å². The predicted molar refractivity (Wildman–Crippen MR) is 57.1 cm³/mol. The van der Waals surface area contributed by atoms with E-state index in [4.69, 9.17) is 11.6 Å². The van der Waals surface area contributed by atoms with Crippen LogP contribution in [0.3, 0.4) is 0 Å². The summed E-state index contributed by atoms with van der Waals surface area (Å²) < 4.78 is 0. The molecule has 1 aromatic carbocycles. The molecule has 0 radical (unpaired) electrons. The van der Waals surface area contributed by atoms with Crippen molar-refractivity contribution in [3.05, 3.63) is 34.9 Å². The molecule has 3 heteroatoms. The first-order chi connectivity index (χ1) is 6.18. The molecule has 0 bridgehead atoms. The fourth-order valence-electron chi connectivity index (χ4n) is 0.936. The third-order valence-corrected chi connectivity index (χ3v) is 1.71. The Kier molecular flexibility index (Phi) is 3.77. The summed E-state index contributed by atoms with van der Waals surface area (Å²) in [4.78, 5) is 0. The molecular weight excluding hydrogens is 184 g/mol. The summed E-state index contributed by atoms with van der Waals surface area (Å²) in [5.41, 5.74) is 5.11. The van der Waals surface area contributed by atoms with Gasteiger partial charge in [-0.15, -0.1) is 0 Å². The maximum atomic E-state index is 5.82. The zero-order valence-electron chi connectivity index (χ0n) is 7.84. The maximum Gasteiger partial charge on any atom is 0.0580 e. The number of nitrogens with zero attached hydrogens (tertiary/aromatic N) is 1. The van der Waals surface area contributed by atoms with Crippen LogP contribution in [0.4, 0.5) is 0 Å². The highest BCUT2D eigenvalue weighted by molar-refractivity contribution is 6.30. The monoisotopic (exact) mass is 196 g/mol. The van der Waals surface area contributed by atoms with Crippen molar-refractivity contribution in [2.24, 2.45) is 5.10 Å². The van der Waals surface area contributed by atoms with E-state index in [0.717, 1.165) is 16.3 Å². The van der Waals surface area contributed by atoms with Crippen LogP contribution in [0.25, 0.3) is 0 Å². The zero-order valence-corrected chi connectivity index (χ0v) is 8.60. The number of benzene rings is 1. The number of nitrogens with one attached hydrogen (secondary N) is 1. The van der Waals surface area contributed by atoms with E-state index in [1.807, 2.05) is 38.1 Å². The molecule has 0 aliphatic heterocycles. The Morgan fingerprint density at radius 2 is 2.23 bits per heavy atom. The van der Waals surface area contributed by atoms with Crippen molar-refractivity contribution >= 4 is 17.3 Å². The van der Waals surface area contributed by atoms with E-state index in [1.165, 1.54) is 0 Å². The summed E-state index contributed by atoms with van der Waals surface area (Å²) >= 11 is 5.82. The minimum absolute atomic E-state index is 0.714. The lowest BCUT2D eigenvalue weighted by molar-refractivity contribution is 0.743. The Morgan fingerprint density at radius 1 is 1.46 bits per heavy atom. The fraction of sp³-hybridized carbons (Fsp3) is 0.300. The van der Waals surface area contributed by atoms with E-state index >= 15 is 0 Å². The predicted octanol–water partition coefficient (Wildman–Crippen LogP) is 2.83. The maximum absolute atomic E-state index is 5.82. The van der Waals surface area contributed by atoms with Gasteiger partial charge in [-0.25, -0.2) is 0 Å². The first-order valence-electron chi connectivity index (χ1n) is 4.16. The second-order valence-electron chi connectivity index (χ2n) is 3.02. The van der Waals surface area contributed by atoms with Gasteiger partial charge in [0.25, 0.3) is 0 Å². The second-order valence-corrected chi connectivity index (χ2v) is 3.46. The van der Waals surface area contributed by atoms with E-state index in [-0.39, 0.29) is 0 Å². The molecule has 1 N–H and O–H groups in total. The molecule has 0 heterocycles. The summed E-state index contributed by atoms with van der Waals surface area (Å²) in [5, 5.41) is 4.83. The standard InChI is InChI=1S/C10H13ClN2/c1-8(2)13-12-7-9-4-3-5-10(11)6-9/h3-6,12H,7H2,1-2H3. The molecular formula is C10H13ClN2. The molecule has 0 aliphatic carbocycles. The molecule has 0 saturated carbocycles. The first-order valence-corrected chi connectivity index (χ1v) is 4.54. The van der Waals surface area contributed by atoms with Crippen LogP contribution < -0.4 is 5.43 Å². The lowest BCUT2D eigenvalue weighted by Gasteiger charge is -2.01. The number of hydrogen-bond acceptors (Lipinski definition) is 2. The van der Waals surface area contributed by atoms with Crippen LogP contribution in [0, 0.1) is 0 Å². The van der Waals surface area contributed by atoms with Gasteiger partial charge in [0.1, 0.15) is 0 Å². The SMILES string of the molecule is CC(C)=NNCc1cccc(Cl)c1. The summed E-state index contributed by atoms with van der Waals surface area (Å²) in [6, 6.07) is 7.73. The van der Waals surface area contributed by atoms with Crippen LogP contribution in [0.1, 0.15) is 19.4 Å². The second kappa shape index (κ2) is 4.87. The van der Waals surface area contributed by atoms with E-state index in [1.54, 1.807) is 0 Å². The summed E-state index contributed by atoms with van der Waals surface area (Å²) in [5.74, 6) is 0. The zero-order chi connectivity index (χ0) is 9.68. The van der Waals surface area contributed by atoms with Gasteiger partial charge in [0, 0.05) is 10.7 Å². The first kappa shape index (κ1) is 10.1. The third-order valence-electron chi connectivity index (χ3n) is 1.47. The van der Waals surface area contributed by atoms with Crippen LogP contribution in [0.2, 0.25) is 5.02 Å². The topological polar surface area (TPSA) is 24.4 Å². The minimum atomic E-state index is 0.714. The molecule has 70 valence electrons. The van der Waals surface area contributed by atoms with Crippen molar-refractivity contribution in [1.82, 2.24) is 5.43 Å². The lowest BCUT2D eigenvalue weighted by Crippen LogP contribution is -2.06. The third kappa shape index (κ3) is 3.95. The minimum Gasteiger partial charge on any atom is -0.306 e. The van der Waals surface area contributed by atoms with Crippen molar-refractivity contribution in [2.45, 2.75) is 20.4 Å². The van der Waals surface area contributed by atoms with Crippen molar-refractivity contribution < 1.29 is 0 Å². The van der Waals surface area contributed by atoms with Crippen molar-refractivity contribution in [3.63, 3.8) is 0 Å². The Bertz CT molecular complexity index is 304. The molecule has 0 spiro atoms. The molecule has 13 heavy (non-hydrogen) atoms. The van der Waals surface area contributed by atoms with Gasteiger partial charge in [0.15, 0.2) is 0 Å². The molecule has 0 amide bonds. The quantitative estimate of drug-likeness (QED) is 0.584. The largest absolute Gasteiger partial charge is 0.306 e. The molecule has 0 atom stereocenters. The molecule has 0 fully saturated rings. The molecule has 1 aromatic rings. The van der Waals surface area contributed by atoms with Crippen LogP contribution in [0.15, 0.2) is 29.4 Å².